The fourth-order valence-electron chi connectivity index (χ4n) is 2.71. The second-order valence-corrected chi connectivity index (χ2v) is 6.23. The van der Waals surface area contributed by atoms with Gasteiger partial charge in [-0.1, -0.05) is 0 Å². The molecule has 0 aromatic carbocycles. The molecular formula is C11H13N5O7S. The number of urea groups is 1. The van der Waals surface area contributed by atoms with Crippen LogP contribution in [0.3, 0.4) is 0 Å². The number of amidine groups is 1. The highest BCUT2D eigenvalue weighted by molar-refractivity contribution is 7.80. The van der Waals surface area contributed by atoms with E-state index in [0.717, 1.165) is 12.7 Å². The molecule has 24 heavy (non-hydrogen) atoms. The number of rotatable bonds is 4. The summed E-state index contributed by atoms with van der Waals surface area (Å²) in [6.45, 7) is 0.132. The van der Waals surface area contributed by atoms with Gasteiger partial charge in [0, 0.05) is 6.54 Å². The highest BCUT2D eigenvalue weighted by Gasteiger charge is 2.48. The van der Waals surface area contributed by atoms with Crippen LogP contribution in [0, 0.1) is 0 Å². The highest BCUT2D eigenvalue weighted by atomic mass is 32.3. The molecule has 3 amide bonds. The van der Waals surface area contributed by atoms with Crippen molar-refractivity contribution in [2.45, 2.75) is 24.9 Å². The Kier molecular flexibility index (Phi) is 3.98. The van der Waals surface area contributed by atoms with Gasteiger partial charge in [-0.2, -0.15) is 18.5 Å². The van der Waals surface area contributed by atoms with Crippen LogP contribution in [0.15, 0.2) is 22.1 Å². The van der Waals surface area contributed by atoms with E-state index in [4.69, 9.17) is 10.3 Å². The zero-order valence-electron chi connectivity index (χ0n) is 12.1. The Bertz CT molecular complexity index is 790. The van der Waals surface area contributed by atoms with Gasteiger partial charge in [-0.05, 0) is 12.8 Å². The molecule has 1 aromatic heterocycles. The van der Waals surface area contributed by atoms with Crippen LogP contribution in [0.2, 0.25) is 0 Å². The number of hydrogen-bond acceptors (Lipinski definition) is 7. The number of nitrogens with zero attached hydrogens (tertiary/aromatic N) is 4. The van der Waals surface area contributed by atoms with Crippen molar-refractivity contribution in [3.8, 4) is 0 Å². The summed E-state index contributed by atoms with van der Waals surface area (Å²) in [5, 5.41) is 0.585. The number of aliphatic imine (C=N–C) groups is 1. The van der Waals surface area contributed by atoms with Crippen LogP contribution < -0.4 is 5.73 Å². The van der Waals surface area contributed by atoms with Crippen LogP contribution >= 0.6 is 0 Å². The van der Waals surface area contributed by atoms with Crippen molar-refractivity contribution in [2.75, 3.05) is 6.54 Å². The van der Waals surface area contributed by atoms with Gasteiger partial charge in [-0.25, -0.2) is 9.78 Å². The predicted molar refractivity (Wildman–Crippen MR) is 75.8 cm³/mol. The molecule has 2 unspecified atom stereocenters. The van der Waals surface area contributed by atoms with E-state index in [-0.39, 0.29) is 18.1 Å². The molecule has 2 aliphatic heterocycles. The number of aromatic nitrogens is 1. The normalized spacial score (nSPS) is 24.5. The average molecular weight is 359 g/mol. The molecule has 3 heterocycles. The van der Waals surface area contributed by atoms with Gasteiger partial charge in [0.25, 0.3) is 0 Å². The van der Waals surface area contributed by atoms with Gasteiger partial charge < -0.3 is 15.1 Å². The van der Waals surface area contributed by atoms with Crippen molar-refractivity contribution in [3.05, 3.63) is 18.4 Å². The molecule has 2 bridgehead atoms. The molecule has 0 aliphatic carbocycles. The fourth-order valence-corrected chi connectivity index (χ4v) is 3.09. The second kappa shape index (κ2) is 5.85. The van der Waals surface area contributed by atoms with Crippen molar-refractivity contribution in [2.24, 2.45) is 10.7 Å². The van der Waals surface area contributed by atoms with Crippen molar-refractivity contribution in [1.82, 2.24) is 14.9 Å². The summed E-state index contributed by atoms with van der Waals surface area (Å²) in [7, 11) is -4.82. The van der Waals surface area contributed by atoms with E-state index in [1.165, 1.54) is 4.90 Å². The summed E-state index contributed by atoms with van der Waals surface area (Å²) in [5.74, 6) is -0.829. The number of fused-ring (bicyclic) bond motifs is 2. The number of hydrogen-bond donors (Lipinski definition) is 2. The van der Waals surface area contributed by atoms with E-state index in [9.17, 15) is 18.0 Å². The number of carbonyl (C=O) groups excluding carboxylic acids is 2. The second-order valence-electron chi connectivity index (χ2n) is 5.23. The Morgan fingerprint density at radius 1 is 1.50 bits per heavy atom. The lowest BCUT2D eigenvalue weighted by atomic mass is 10.0. The number of oxazole rings is 1. The summed E-state index contributed by atoms with van der Waals surface area (Å²) in [5.41, 5.74) is 5.79. The van der Waals surface area contributed by atoms with E-state index in [1.54, 1.807) is 0 Å². The van der Waals surface area contributed by atoms with Gasteiger partial charge in [0.05, 0.1) is 12.1 Å². The molecule has 0 radical (unpaired) electrons. The largest absolute Gasteiger partial charge is 0.451 e. The quantitative estimate of drug-likeness (QED) is 0.396. The lowest BCUT2D eigenvalue weighted by Crippen LogP contribution is -2.48. The first-order valence-electron chi connectivity index (χ1n) is 6.79. The highest BCUT2D eigenvalue weighted by Crippen LogP contribution is 2.30. The molecule has 0 spiro atoms. The fraction of sp³-hybridized carbons (Fsp3) is 0.455. The van der Waals surface area contributed by atoms with Gasteiger partial charge in [-0.15, -0.1) is 4.28 Å². The predicted octanol–water partition coefficient (Wildman–Crippen LogP) is -0.825. The summed E-state index contributed by atoms with van der Waals surface area (Å²) in [6.07, 6.45) is 2.89. The van der Waals surface area contributed by atoms with Gasteiger partial charge in [-0.3, -0.25) is 9.35 Å². The topological polar surface area (TPSA) is 169 Å². The van der Waals surface area contributed by atoms with Crippen molar-refractivity contribution >= 4 is 28.2 Å². The summed E-state index contributed by atoms with van der Waals surface area (Å²) in [6, 6.07) is -2.03. The van der Waals surface area contributed by atoms with Crippen molar-refractivity contribution < 1.29 is 31.3 Å². The first-order valence-corrected chi connectivity index (χ1v) is 8.16. The maximum atomic E-state index is 12.2. The van der Waals surface area contributed by atoms with Crippen molar-refractivity contribution in [1.29, 1.82) is 0 Å². The SMILES string of the molecule is NC(=NC(=O)c1cocn1)C1CCC2CN1C(=O)N2OS(=O)(=O)O. The minimum atomic E-state index is -4.82. The van der Waals surface area contributed by atoms with E-state index in [2.05, 4.69) is 18.7 Å². The maximum Gasteiger partial charge on any atom is 0.418 e. The molecule has 2 saturated heterocycles. The minimum Gasteiger partial charge on any atom is -0.451 e. The number of amides is 3. The van der Waals surface area contributed by atoms with Crippen molar-refractivity contribution in [3.63, 3.8) is 0 Å². The van der Waals surface area contributed by atoms with Crippen LogP contribution in [0.1, 0.15) is 23.3 Å². The zero-order valence-corrected chi connectivity index (χ0v) is 12.9. The number of hydroxylamine groups is 2. The van der Waals surface area contributed by atoms with E-state index in [1.807, 2.05) is 0 Å². The minimum absolute atomic E-state index is 0.0317. The maximum absolute atomic E-state index is 12.2. The van der Waals surface area contributed by atoms with E-state index < -0.39 is 34.4 Å². The Morgan fingerprint density at radius 3 is 2.88 bits per heavy atom. The molecule has 2 atom stereocenters. The van der Waals surface area contributed by atoms with Crippen LogP contribution in [-0.2, 0) is 14.7 Å². The number of carbonyl (C=O) groups is 2. The van der Waals surface area contributed by atoms with Crippen LogP contribution in [-0.4, -0.2) is 64.3 Å². The lowest BCUT2D eigenvalue weighted by molar-refractivity contribution is -0.0316. The Labute approximate surface area is 135 Å². The third-order valence-electron chi connectivity index (χ3n) is 3.72. The average Bonchev–Trinajstić information content (AvgIpc) is 3.11. The smallest absolute Gasteiger partial charge is 0.418 e. The van der Waals surface area contributed by atoms with Gasteiger partial charge in [0.15, 0.2) is 12.1 Å². The summed E-state index contributed by atoms with van der Waals surface area (Å²) >= 11 is 0. The van der Waals surface area contributed by atoms with Crippen LogP contribution in [0.25, 0.3) is 0 Å². The first-order chi connectivity index (χ1) is 11.3. The Hall–Kier alpha value is -2.51. The molecule has 130 valence electrons. The molecule has 2 aliphatic rings. The summed E-state index contributed by atoms with van der Waals surface area (Å²) < 4.78 is 39.4. The third-order valence-corrected chi connectivity index (χ3v) is 4.07. The van der Waals surface area contributed by atoms with Gasteiger partial charge in [0.1, 0.15) is 12.1 Å². The van der Waals surface area contributed by atoms with Gasteiger partial charge in [0.2, 0.25) is 0 Å². The first kappa shape index (κ1) is 16.4. The Morgan fingerprint density at radius 2 is 2.25 bits per heavy atom. The molecule has 0 saturated carbocycles. The van der Waals surface area contributed by atoms with E-state index >= 15 is 0 Å². The Balaban J connectivity index is 1.77. The van der Waals surface area contributed by atoms with Crippen LogP contribution in [0.4, 0.5) is 4.79 Å². The number of nitrogens with two attached hydrogens (primary N) is 1. The standard InChI is InChI=1S/C11H13N5O7S/c12-9(14-10(17)7-4-22-5-13-7)8-2-1-6-3-15(8)11(18)16(6)23-24(19,20)21/h4-6,8H,1-3H2,(H2,12,14,17)(H,19,20,21). The molecule has 12 nitrogen and oxygen atoms in total. The lowest BCUT2D eigenvalue weighted by Gasteiger charge is -2.29. The van der Waals surface area contributed by atoms with Crippen LogP contribution in [0.5, 0.6) is 0 Å². The monoisotopic (exact) mass is 359 g/mol. The molecule has 1 aromatic rings. The van der Waals surface area contributed by atoms with Gasteiger partial charge >= 0.3 is 22.3 Å². The summed E-state index contributed by atoms with van der Waals surface area (Å²) in [4.78, 5) is 32.7. The molecule has 3 N–H and O–H groups in total. The van der Waals surface area contributed by atoms with E-state index in [0.29, 0.717) is 17.9 Å². The molecular weight excluding hydrogens is 346 g/mol. The zero-order chi connectivity index (χ0) is 17.5. The number of piperidine rings is 1. The molecule has 3 rings (SSSR count). The molecule has 13 heteroatoms. The third kappa shape index (κ3) is 3.08. The molecule has 2 fully saturated rings.